The summed E-state index contributed by atoms with van der Waals surface area (Å²) in [5.74, 6) is -2.17. The first-order chi connectivity index (χ1) is 10.9. The molecule has 1 amide bonds. The molecular weight excluding hydrogens is 300 g/mol. The molecule has 0 saturated carbocycles. The first-order valence-corrected chi connectivity index (χ1v) is 6.77. The van der Waals surface area contributed by atoms with E-state index < -0.39 is 17.9 Å². The maximum Gasteiger partial charge on any atom is 0.326 e. The molecule has 6 N–H and O–H groups in total. The summed E-state index contributed by atoms with van der Waals surface area (Å²) in [6.07, 6.45) is 0.0322. The van der Waals surface area contributed by atoms with E-state index in [0.29, 0.717) is 5.56 Å². The van der Waals surface area contributed by atoms with E-state index in [2.05, 4.69) is 5.32 Å². The molecule has 0 aliphatic rings. The third-order valence-corrected chi connectivity index (χ3v) is 3.24. The van der Waals surface area contributed by atoms with Gasteiger partial charge >= 0.3 is 5.97 Å². The first-order valence-electron chi connectivity index (χ1n) is 6.77. The van der Waals surface area contributed by atoms with Gasteiger partial charge in [0.1, 0.15) is 17.5 Å². The summed E-state index contributed by atoms with van der Waals surface area (Å²) in [4.78, 5) is 23.5. The fourth-order valence-electron chi connectivity index (χ4n) is 2.04. The lowest BCUT2D eigenvalue weighted by atomic mass is 10.0. The molecule has 7 heteroatoms. The molecule has 0 heterocycles. The molecule has 0 spiro atoms. The van der Waals surface area contributed by atoms with Crippen LogP contribution in [0.1, 0.15) is 15.9 Å². The number of anilines is 1. The van der Waals surface area contributed by atoms with E-state index >= 15 is 0 Å². The van der Waals surface area contributed by atoms with Crippen molar-refractivity contribution in [2.24, 2.45) is 0 Å². The number of amides is 1. The van der Waals surface area contributed by atoms with E-state index in [1.165, 1.54) is 30.3 Å². The predicted molar refractivity (Wildman–Crippen MR) is 83.2 cm³/mol. The first kappa shape index (κ1) is 16.2. The fraction of sp³-hybridized carbons (Fsp3) is 0.125. The number of benzene rings is 2. The number of carboxylic acids is 1. The molecule has 7 nitrogen and oxygen atoms in total. The summed E-state index contributed by atoms with van der Waals surface area (Å²) < 4.78 is 0. The van der Waals surface area contributed by atoms with E-state index in [4.69, 9.17) is 5.73 Å². The Kier molecular flexibility index (Phi) is 4.70. The molecule has 120 valence electrons. The third kappa shape index (κ3) is 4.13. The molecule has 0 aliphatic carbocycles. The molecule has 0 bridgehead atoms. The van der Waals surface area contributed by atoms with Gasteiger partial charge in [-0.3, -0.25) is 4.79 Å². The minimum Gasteiger partial charge on any atom is -0.508 e. The summed E-state index contributed by atoms with van der Waals surface area (Å²) >= 11 is 0. The SMILES string of the molecule is Nc1ccc(O)c(C(=O)NC(Cc2ccc(O)cc2)C(=O)O)c1. The van der Waals surface area contributed by atoms with Crippen LogP contribution in [0.25, 0.3) is 0 Å². The second-order valence-corrected chi connectivity index (χ2v) is 5.01. The van der Waals surface area contributed by atoms with Gasteiger partial charge in [-0.15, -0.1) is 0 Å². The van der Waals surface area contributed by atoms with E-state index in [1.54, 1.807) is 12.1 Å². The van der Waals surface area contributed by atoms with Crippen molar-refractivity contribution in [3.63, 3.8) is 0 Å². The number of nitrogen functional groups attached to an aromatic ring is 1. The Morgan fingerprint density at radius 3 is 2.35 bits per heavy atom. The van der Waals surface area contributed by atoms with Crippen LogP contribution in [-0.2, 0) is 11.2 Å². The predicted octanol–water partition coefficient (Wildman–Crippen LogP) is 1.11. The van der Waals surface area contributed by atoms with Gasteiger partial charge in [-0.1, -0.05) is 12.1 Å². The Bertz CT molecular complexity index is 728. The van der Waals surface area contributed by atoms with Crippen LogP contribution in [0.3, 0.4) is 0 Å². The van der Waals surface area contributed by atoms with Crippen LogP contribution < -0.4 is 11.1 Å². The largest absolute Gasteiger partial charge is 0.508 e. The number of phenolic OH excluding ortho intramolecular Hbond substituents is 2. The Balaban J connectivity index is 2.15. The molecule has 0 fully saturated rings. The highest BCUT2D eigenvalue weighted by atomic mass is 16.4. The molecule has 1 atom stereocenters. The van der Waals surface area contributed by atoms with Crippen LogP contribution in [0, 0.1) is 0 Å². The Labute approximate surface area is 132 Å². The highest BCUT2D eigenvalue weighted by molar-refractivity contribution is 5.99. The van der Waals surface area contributed by atoms with Gasteiger partial charge in [0.05, 0.1) is 5.56 Å². The van der Waals surface area contributed by atoms with E-state index in [0.717, 1.165) is 0 Å². The smallest absolute Gasteiger partial charge is 0.326 e. The van der Waals surface area contributed by atoms with Crippen LogP contribution in [0.15, 0.2) is 42.5 Å². The average Bonchev–Trinajstić information content (AvgIpc) is 2.51. The summed E-state index contributed by atoms with van der Waals surface area (Å²) in [5, 5.41) is 30.5. The molecule has 1 unspecified atom stereocenters. The lowest BCUT2D eigenvalue weighted by Crippen LogP contribution is -2.42. The molecule has 0 aromatic heterocycles. The van der Waals surface area contributed by atoms with Gasteiger partial charge in [-0.05, 0) is 35.9 Å². The van der Waals surface area contributed by atoms with E-state index in [1.807, 2.05) is 0 Å². The zero-order valence-corrected chi connectivity index (χ0v) is 12.1. The number of rotatable bonds is 5. The zero-order chi connectivity index (χ0) is 17.0. The Hall–Kier alpha value is -3.22. The van der Waals surface area contributed by atoms with Crippen molar-refractivity contribution in [3.8, 4) is 11.5 Å². The van der Waals surface area contributed by atoms with Crippen molar-refractivity contribution in [3.05, 3.63) is 53.6 Å². The number of nitrogens with two attached hydrogens (primary N) is 1. The fourth-order valence-corrected chi connectivity index (χ4v) is 2.04. The molecule has 0 radical (unpaired) electrons. The maximum atomic E-state index is 12.1. The maximum absolute atomic E-state index is 12.1. The number of hydrogen-bond acceptors (Lipinski definition) is 5. The molecular formula is C16H16N2O5. The second kappa shape index (κ2) is 6.69. The van der Waals surface area contributed by atoms with Crippen molar-refractivity contribution in [2.75, 3.05) is 5.73 Å². The minimum absolute atomic E-state index is 0.0322. The van der Waals surface area contributed by atoms with Gasteiger partial charge in [0.2, 0.25) is 0 Å². The minimum atomic E-state index is -1.21. The number of carbonyl (C=O) groups is 2. The summed E-state index contributed by atoms with van der Waals surface area (Å²) in [7, 11) is 0. The molecule has 2 aromatic carbocycles. The normalized spacial score (nSPS) is 11.7. The zero-order valence-electron chi connectivity index (χ0n) is 12.1. The van der Waals surface area contributed by atoms with Crippen molar-refractivity contribution in [1.29, 1.82) is 0 Å². The van der Waals surface area contributed by atoms with Gasteiger partial charge in [-0.2, -0.15) is 0 Å². The highest BCUT2D eigenvalue weighted by Gasteiger charge is 2.22. The number of aromatic hydroxyl groups is 2. The molecule has 0 aliphatic heterocycles. The molecule has 2 rings (SSSR count). The standard InChI is InChI=1S/C16H16N2O5/c17-10-3-6-14(20)12(8-10)15(21)18-13(16(22)23)7-9-1-4-11(19)5-2-9/h1-6,8,13,19-20H,7,17H2,(H,18,21)(H,22,23). The van der Waals surface area contributed by atoms with Gasteiger partial charge in [0.15, 0.2) is 0 Å². The average molecular weight is 316 g/mol. The quantitative estimate of drug-likeness (QED) is 0.414. The lowest BCUT2D eigenvalue weighted by molar-refractivity contribution is -0.139. The van der Waals surface area contributed by atoms with Crippen molar-refractivity contribution < 1.29 is 24.9 Å². The van der Waals surface area contributed by atoms with Crippen molar-refractivity contribution in [1.82, 2.24) is 5.32 Å². The van der Waals surface area contributed by atoms with Crippen LogP contribution in [0.4, 0.5) is 5.69 Å². The van der Waals surface area contributed by atoms with Gasteiger partial charge < -0.3 is 26.4 Å². The molecule has 23 heavy (non-hydrogen) atoms. The second-order valence-electron chi connectivity index (χ2n) is 5.01. The summed E-state index contributed by atoms with van der Waals surface area (Å²) in [6.45, 7) is 0. The number of carbonyl (C=O) groups excluding carboxylic acids is 1. The number of phenols is 2. The number of nitrogens with one attached hydrogen (secondary N) is 1. The topological polar surface area (TPSA) is 133 Å². The van der Waals surface area contributed by atoms with Crippen LogP contribution >= 0.6 is 0 Å². The van der Waals surface area contributed by atoms with E-state index in [9.17, 15) is 24.9 Å². The van der Waals surface area contributed by atoms with Gasteiger partial charge in [0, 0.05) is 12.1 Å². The van der Waals surface area contributed by atoms with Gasteiger partial charge in [0.25, 0.3) is 5.91 Å². The van der Waals surface area contributed by atoms with E-state index in [-0.39, 0.29) is 29.2 Å². The van der Waals surface area contributed by atoms with Crippen LogP contribution in [0.5, 0.6) is 11.5 Å². The lowest BCUT2D eigenvalue weighted by Gasteiger charge is -2.15. The van der Waals surface area contributed by atoms with Gasteiger partial charge in [-0.25, -0.2) is 4.79 Å². The van der Waals surface area contributed by atoms with Crippen molar-refractivity contribution >= 4 is 17.6 Å². The number of carboxylic acid groups (broad SMARTS) is 1. The monoisotopic (exact) mass is 316 g/mol. The Morgan fingerprint density at radius 1 is 1.09 bits per heavy atom. The number of aliphatic carboxylic acids is 1. The summed E-state index contributed by atoms with van der Waals surface area (Å²) in [5.41, 5.74) is 6.38. The number of hydrogen-bond donors (Lipinski definition) is 5. The van der Waals surface area contributed by atoms with Crippen LogP contribution in [-0.4, -0.2) is 33.2 Å². The molecule has 0 saturated heterocycles. The van der Waals surface area contributed by atoms with Crippen molar-refractivity contribution in [2.45, 2.75) is 12.5 Å². The summed E-state index contributed by atoms with van der Waals surface area (Å²) in [6, 6.07) is 8.76. The highest BCUT2D eigenvalue weighted by Crippen LogP contribution is 2.20. The molecule has 2 aromatic rings. The van der Waals surface area contributed by atoms with Crippen LogP contribution in [0.2, 0.25) is 0 Å². The third-order valence-electron chi connectivity index (χ3n) is 3.24. The Morgan fingerprint density at radius 2 is 1.74 bits per heavy atom.